The van der Waals surface area contributed by atoms with Crippen molar-refractivity contribution >= 4 is 11.1 Å². The SMILES string of the molecule is Cc1ccc(-c2cc3[nH]ccc3o2)cc1. The van der Waals surface area contributed by atoms with Crippen LogP contribution in [0.5, 0.6) is 0 Å². The molecule has 0 aliphatic carbocycles. The summed E-state index contributed by atoms with van der Waals surface area (Å²) >= 11 is 0. The van der Waals surface area contributed by atoms with E-state index in [0.717, 1.165) is 22.4 Å². The first-order chi connectivity index (χ1) is 7.33. The first-order valence-electron chi connectivity index (χ1n) is 4.97. The van der Waals surface area contributed by atoms with Crippen LogP contribution in [0.3, 0.4) is 0 Å². The second-order valence-electron chi connectivity index (χ2n) is 3.73. The first kappa shape index (κ1) is 8.36. The number of furan rings is 1. The maximum absolute atomic E-state index is 5.70. The van der Waals surface area contributed by atoms with E-state index in [1.54, 1.807) is 0 Å². The van der Waals surface area contributed by atoms with E-state index >= 15 is 0 Å². The molecule has 0 atom stereocenters. The second-order valence-corrected chi connectivity index (χ2v) is 3.73. The number of nitrogens with one attached hydrogen (secondary N) is 1. The van der Waals surface area contributed by atoms with Gasteiger partial charge in [-0.25, -0.2) is 0 Å². The Morgan fingerprint density at radius 3 is 2.60 bits per heavy atom. The lowest BCUT2D eigenvalue weighted by atomic mass is 10.1. The van der Waals surface area contributed by atoms with Crippen LogP contribution in [-0.2, 0) is 0 Å². The van der Waals surface area contributed by atoms with Crippen molar-refractivity contribution in [2.75, 3.05) is 0 Å². The third-order valence-corrected chi connectivity index (χ3v) is 2.57. The van der Waals surface area contributed by atoms with E-state index in [9.17, 15) is 0 Å². The molecule has 2 heteroatoms. The third-order valence-electron chi connectivity index (χ3n) is 2.57. The van der Waals surface area contributed by atoms with Gasteiger partial charge in [0.2, 0.25) is 0 Å². The molecule has 0 unspecified atom stereocenters. The van der Waals surface area contributed by atoms with Crippen molar-refractivity contribution in [2.24, 2.45) is 0 Å². The van der Waals surface area contributed by atoms with Crippen LogP contribution >= 0.6 is 0 Å². The summed E-state index contributed by atoms with van der Waals surface area (Å²) < 4.78 is 5.70. The van der Waals surface area contributed by atoms with Crippen molar-refractivity contribution in [1.29, 1.82) is 0 Å². The molecule has 0 aliphatic heterocycles. The van der Waals surface area contributed by atoms with Crippen LogP contribution in [-0.4, -0.2) is 4.98 Å². The Balaban J connectivity index is 2.13. The molecule has 0 spiro atoms. The van der Waals surface area contributed by atoms with Crippen LogP contribution in [0.25, 0.3) is 22.4 Å². The maximum atomic E-state index is 5.70. The van der Waals surface area contributed by atoms with Crippen molar-refractivity contribution < 1.29 is 4.42 Å². The van der Waals surface area contributed by atoms with E-state index < -0.39 is 0 Å². The molecule has 3 aromatic rings. The fourth-order valence-electron chi connectivity index (χ4n) is 1.71. The van der Waals surface area contributed by atoms with Gasteiger partial charge in [-0.05, 0) is 13.0 Å². The van der Waals surface area contributed by atoms with Crippen LogP contribution in [0.1, 0.15) is 5.56 Å². The van der Waals surface area contributed by atoms with Gasteiger partial charge in [0.25, 0.3) is 0 Å². The van der Waals surface area contributed by atoms with Gasteiger partial charge in [-0.15, -0.1) is 0 Å². The largest absolute Gasteiger partial charge is 0.454 e. The molecule has 2 heterocycles. The molecule has 0 fully saturated rings. The van der Waals surface area contributed by atoms with Gasteiger partial charge < -0.3 is 9.40 Å². The molecule has 2 aromatic heterocycles. The molecular formula is C13H11NO. The number of benzene rings is 1. The Labute approximate surface area is 87.5 Å². The highest BCUT2D eigenvalue weighted by molar-refractivity contribution is 5.79. The Hall–Kier alpha value is -1.96. The standard InChI is InChI=1S/C13H11NO/c1-9-2-4-10(5-3-9)13-8-11-12(15-13)6-7-14-11/h2-8,14H,1H3. The lowest BCUT2D eigenvalue weighted by Crippen LogP contribution is -1.74. The quantitative estimate of drug-likeness (QED) is 0.632. The molecule has 15 heavy (non-hydrogen) atoms. The van der Waals surface area contributed by atoms with Crippen LogP contribution in [0, 0.1) is 6.92 Å². The number of fused-ring (bicyclic) bond motifs is 1. The Bertz CT molecular complexity index is 558. The number of aromatic nitrogens is 1. The van der Waals surface area contributed by atoms with E-state index in [1.165, 1.54) is 5.56 Å². The molecule has 0 saturated heterocycles. The molecule has 0 radical (unpaired) electrons. The fourth-order valence-corrected chi connectivity index (χ4v) is 1.71. The zero-order chi connectivity index (χ0) is 10.3. The van der Waals surface area contributed by atoms with E-state index in [-0.39, 0.29) is 0 Å². The molecular weight excluding hydrogens is 186 g/mol. The number of H-pyrrole nitrogens is 1. The Morgan fingerprint density at radius 2 is 1.87 bits per heavy atom. The second kappa shape index (κ2) is 3.02. The monoisotopic (exact) mass is 197 g/mol. The molecule has 0 bridgehead atoms. The van der Waals surface area contributed by atoms with E-state index in [4.69, 9.17) is 4.42 Å². The van der Waals surface area contributed by atoms with Crippen molar-refractivity contribution in [3.05, 3.63) is 48.2 Å². The minimum absolute atomic E-state index is 0.908. The molecule has 0 amide bonds. The summed E-state index contributed by atoms with van der Waals surface area (Å²) in [4.78, 5) is 3.13. The molecule has 0 aliphatic rings. The summed E-state index contributed by atoms with van der Waals surface area (Å²) in [7, 11) is 0. The lowest BCUT2D eigenvalue weighted by Gasteiger charge is -1.96. The van der Waals surface area contributed by atoms with E-state index in [0.29, 0.717) is 0 Å². The van der Waals surface area contributed by atoms with Gasteiger partial charge in [-0.1, -0.05) is 29.8 Å². The number of hydrogen-bond acceptors (Lipinski definition) is 1. The minimum atomic E-state index is 0.908. The minimum Gasteiger partial charge on any atom is -0.454 e. The highest BCUT2D eigenvalue weighted by Crippen LogP contribution is 2.26. The normalized spacial score (nSPS) is 11.0. The lowest BCUT2D eigenvalue weighted by molar-refractivity contribution is 0.632. The van der Waals surface area contributed by atoms with Crippen LogP contribution in [0.2, 0.25) is 0 Å². The van der Waals surface area contributed by atoms with Gasteiger partial charge in [-0.2, -0.15) is 0 Å². The van der Waals surface area contributed by atoms with Gasteiger partial charge in [0.05, 0.1) is 5.52 Å². The number of aromatic amines is 1. The molecule has 1 aromatic carbocycles. The summed E-state index contributed by atoms with van der Waals surface area (Å²) in [6.07, 6.45) is 1.88. The smallest absolute Gasteiger partial charge is 0.152 e. The zero-order valence-corrected chi connectivity index (χ0v) is 8.45. The number of hydrogen-bond donors (Lipinski definition) is 1. The maximum Gasteiger partial charge on any atom is 0.152 e. The van der Waals surface area contributed by atoms with Gasteiger partial charge in [0.15, 0.2) is 5.58 Å². The zero-order valence-electron chi connectivity index (χ0n) is 8.45. The van der Waals surface area contributed by atoms with Crippen molar-refractivity contribution in [3.63, 3.8) is 0 Å². The highest BCUT2D eigenvalue weighted by Gasteiger charge is 2.05. The Kier molecular flexibility index (Phi) is 1.68. The molecule has 74 valence electrons. The molecule has 0 saturated carbocycles. The molecule has 3 rings (SSSR count). The van der Waals surface area contributed by atoms with Gasteiger partial charge in [-0.3, -0.25) is 0 Å². The molecule has 1 N–H and O–H groups in total. The predicted molar refractivity (Wildman–Crippen MR) is 60.7 cm³/mol. The van der Waals surface area contributed by atoms with Crippen molar-refractivity contribution in [2.45, 2.75) is 6.92 Å². The van der Waals surface area contributed by atoms with Crippen LogP contribution in [0.15, 0.2) is 47.0 Å². The van der Waals surface area contributed by atoms with E-state index in [2.05, 4.69) is 36.2 Å². The van der Waals surface area contributed by atoms with Gasteiger partial charge >= 0.3 is 0 Å². The van der Waals surface area contributed by atoms with Gasteiger partial charge in [0, 0.05) is 17.8 Å². The fraction of sp³-hybridized carbons (Fsp3) is 0.0769. The van der Waals surface area contributed by atoms with Gasteiger partial charge in [0.1, 0.15) is 5.76 Å². The summed E-state index contributed by atoms with van der Waals surface area (Å²) in [6.45, 7) is 2.08. The summed E-state index contributed by atoms with van der Waals surface area (Å²) in [5, 5.41) is 0. The average molecular weight is 197 g/mol. The van der Waals surface area contributed by atoms with Crippen molar-refractivity contribution in [1.82, 2.24) is 4.98 Å². The Morgan fingerprint density at radius 1 is 1.07 bits per heavy atom. The topological polar surface area (TPSA) is 28.9 Å². The first-order valence-corrected chi connectivity index (χ1v) is 4.97. The van der Waals surface area contributed by atoms with Crippen LogP contribution < -0.4 is 0 Å². The average Bonchev–Trinajstić information content (AvgIpc) is 2.78. The van der Waals surface area contributed by atoms with Crippen LogP contribution in [0.4, 0.5) is 0 Å². The van der Waals surface area contributed by atoms with E-state index in [1.807, 2.05) is 18.3 Å². The number of rotatable bonds is 1. The number of aryl methyl sites for hydroxylation is 1. The third kappa shape index (κ3) is 1.34. The summed E-state index contributed by atoms with van der Waals surface area (Å²) in [6, 6.07) is 12.3. The highest BCUT2D eigenvalue weighted by atomic mass is 16.3. The van der Waals surface area contributed by atoms with Crippen molar-refractivity contribution in [3.8, 4) is 11.3 Å². The predicted octanol–water partition coefficient (Wildman–Crippen LogP) is 3.74. The summed E-state index contributed by atoms with van der Waals surface area (Å²) in [5.41, 5.74) is 4.33. The summed E-state index contributed by atoms with van der Waals surface area (Å²) in [5.74, 6) is 0.914. The molecule has 2 nitrogen and oxygen atoms in total.